The average molecular weight is 237 g/mol. The van der Waals surface area contributed by atoms with Crippen molar-refractivity contribution in [3.8, 4) is 0 Å². The molecule has 1 atom stereocenters. The Kier molecular flexibility index (Phi) is 3.32. The van der Waals surface area contributed by atoms with Crippen LogP contribution in [0.2, 0.25) is 5.22 Å². The van der Waals surface area contributed by atoms with Gasteiger partial charge in [0.25, 0.3) is 0 Å². The first kappa shape index (κ1) is 11.2. The molecule has 0 saturated heterocycles. The molecule has 2 aromatic rings. The molecule has 0 amide bonds. The van der Waals surface area contributed by atoms with Crippen molar-refractivity contribution in [2.45, 2.75) is 19.4 Å². The number of aryl methyl sites for hydroxylation is 1. The second kappa shape index (κ2) is 4.73. The number of hydrogen-bond acceptors (Lipinski definition) is 2. The van der Waals surface area contributed by atoms with E-state index in [0.717, 1.165) is 5.56 Å². The summed E-state index contributed by atoms with van der Waals surface area (Å²) in [5, 5.41) is 10.3. The van der Waals surface area contributed by atoms with Gasteiger partial charge in [-0.2, -0.15) is 0 Å². The van der Waals surface area contributed by atoms with Gasteiger partial charge in [0.05, 0.1) is 12.4 Å². The molecular weight excluding hydrogens is 224 g/mol. The molecule has 0 radical (unpaired) electrons. The lowest BCUT2D eigenvalue weighted by Crippen LogP contribution is -2.02. The second-order valence-corrected chi connectivity index (χ2v) is 4.14. The topological polar surface area (TPSA) is 33.4 Å². The van der Waals surface area contributed by atoms with Crippen LogP contribution in [0, 0.1) is 6.92 Å². The van der Waals surface area contributed by atoms with Gasteiger partial charge in [0, 0.05) is 12.0 Å². The van der Waals surface area contributed by atoms with Crippen LogP contribution in [0.15, 0.2) is 41.0 Å². The Morgan fingerprint density at radius 1 is 1.31 bits per heavy atom. The highest BCUT2D eigenvalue weighted by atomic mass is 35.5. The normalized spacial score (nSPS) is 12.7. The predicted molar refractivity (Wildman–Crippen MR) is 63.6 cm³/mol. The van der Waals surface area contributed by atoms with E-state index >= 15 is 0 Å². The summed E-state index contributed by atoms with van der Waals surface area (Å²) >= 11 is 5.81. The van der Waals surface area contributed by atoms with E-state index in [-0.39, 0.29) is 5.22 Å². The first-order valence-corrected chi connectivity index (χ1v) is 5.51. The molecule has 1 N–H and O–H groups in total. The zero-order chi connectivity index (χ0) is 11.5. The van der Waals surface area contributed by atoms with Gasteiger partial charge in [-0.15, -0.1) is 0 Å². The fourth-order valence-corrected chi connectivity index (χ4v) is 1.94. The third kappa shape index (κ3) is 2.29. The molecule has 16 heavy (non-hydrogen) atoms. The minimum atomic E-state index is -0.618. The van der Waals surface area contributed by atoms with Crippen LogP contribution in [0.1, 0.15) is 22.8 Å². The quantitative estimate of drug-likeness (QED) is 0.885. The van der Waals surface area contributed by atoms with Gasteiger partial charge in [-0.3, -0.25) is 0 Å². The number of furan rings is 1. The fourth-order valence-electron chi connectivity index (χ4n) is 1.70. The molecule has 0 saturated carbocycles. The molecule has 0 aliphatic heterocycles. The van der Waals surface area contributed by atoms with Crippen molar-refractivity contribution >= 4 is 11.6 Å². The van der Waals surface area contributed by atoms with E-state index in [0.29, 0.717) is 12.0 Å². The van der Waals surface area contributed by atoms with Crippen LogP contribution in [-0.4, -0.2) is 5.11 Å². The van der Waals surface area contributed by atoms with Crippen molar-refractivity contribution in [3.05, 3.63) is 58.5 Å². The minimum Gasteiger partial charge on any atom is -0.453 e. The van der Waals surface area contributed by atoms with Gasteiger partial charge in [0.1, 0.15) is 0 Å². The summed E-state index contributed by atoms with van der Waals surface area (Å²) < 4.78 is 4.96. The first-order valence-electron chi connectivity index (χ1n) is 5.14. The summed E-state index contributed by atoms with van der Waals surface area (Å²) in [6.45, 7) is 2.03. The number of benzene rings is 1. The monoisotopic (exact) mass is 236 g/mol. The first-order chi connectivity index (χ1) is 7.68. The van der Waals surface area contributed by atoms with Crippen molar-refractivity contribution < 1.29 is 9.52 Å². The molecule has 0 aliphatic carbocycles. The Bertz CT molecular complexity index is 476. The van der Waals surface area contributed by atoms with Gasteiger partial charge in [-0.05, 0) is 35.7 Å². The van der Waals surface area contributed by atoms with Crippen molar-refractivity contribution in [3.63, 3.8) is 0 Å². The van der Waals surface area contributed by atoms with Crippen LogP contribution in [0.5, 0.6) is 0 Å². The van der Waals surface area contributed by atoms with Crippen LogP contribution in [0.4, 0.5) is 0 Å². The molecule has 84 valence electrons. The molecule has 1 heterocycles. The predicted octanol–water partition coefficient (Wildman–Crippen LogP) is 3.52. The summed E-state index contributed by atoms with van der Waals surface area (Å²) in [5.41, 5.74) is 2.93. The van der Waals surface area contributed by atoms with Gasteiger partial charge in [0.2, 0.25) is 0 Å². The maximum Gasteiger partial charge on any atom is 0.198 e. The molecule has 3 heteroatoms. The Labute approximate surface area is 99.5 Å². The molecule has 0 aliphatic rings. The van der Waals surface area contributed by atoms with Gasteiger partial charge in [-0.1, -0.05) is 24.3 Å². The highest BCUT2D eigenvalue weighted by Crippen LogP contribution is 2.27. The third-order valence-electron chi connectivity index (χ3n) is 2.68. The molecule has 0 spiro atoms. The lowest BCUT2D eigenvalue weighted by molar-refractivity contribution is 0.177. The van der Waals surface area contributed by atoms with Crippen LogP contribution >= 0.6 is 11.6 Å². The van der Waals surface area contributed by atoms with Gasteiger partial charge in [-0.25, -0.2) is 0 Å². The van der Waals surface area contributed by atoms with E-state index in [1.54, 1.807) is 6.07 Å². The Morgan fingerprint density at radius 2 is 2.06 bits per heavy atom. The van der Waals surface area contributed by atoms with Crippen molar-refractivity contribution in [2.24, 2.45) is 0 Å². The summed E-state index contributed by atoms with van der Waals surface area (Å²) in [5.74, 6) is 0. The summed E-state index contributed by atoms with van der Waals surface area (Å²) in [7, 11) is 0. The maximum atomic E-state index is 10.0. The molecule has 1 unspecified atom stereocenters. The molecule has 0 fully saturated rings. The maximum absolute atomic E-state index is 10.0. The molecule has 0 bridgehead atoms. The number of hydrogen-bond donors (Lipinski definition) is 1. The lowest BCUT2D eigenvalue weighted by atomic mass is 10.00. The summed E-state index contributed by atoms with van der Waals surface area (Å²) in [4.78, 5) is 0. The number of halogens is 1. The highest BCUT2D eigenvalue weighted by molar-refractivity contribution is 6.29. The van der Waals surface area contributed by atoms with Crippen LogP contribution in [0.25, 0.3) is 0 Å². The molecule has 2 rings (SSSR count). The lowest BCUT2D eigenvalue weighted by Gasteiger charge is -2.11. The van der Waals surface area contributed by atoms with Gasteiger partial charge >= 0.3 is 0 Å². The fraction of sp³-hybridized carbons (Fsp3) is 0.231. The molecule has 1 aromatic heterocycles. The van der Waals surface area contributed by atoms with E-state index in [2.05, 4.69) is 0 Å². The Hall–Kier alpha value is -1.25. The van der Waals surface area contributed by atoms with Crippen molar-refractivity contribution in [1.82, 2.24) is 0 Å². The van der Waals surface area contributed by atoms with Gasteiger partial charge < -0.3 is 9.52 Å². The zero-order valence-electron chi connectivity index (χ0n) is 8.98. The largest absolute Gasteiger partial charge is 0.453 e. The Balaban J connectivity index is 2.17. The van der Waals surface area contributed by atoms with E-state index in [4.69, 9.17) is 16.0 Å². The minimum absolute atomic E-state index is 0.265. The number of rotatable bonds is 3. The second-order valence-electron chi connectivity index (χ2n) is 3.80. The van der Waals surface area contributed by atoms with E-state index in [9.17, 15) is 5.11 Å². The summed E-state index contributed by atoms with van der Waals surface area (Å²) in [6, 6.07) is 9.68. The van der Waals surface area contributed by atoms with Crippen LogP contribution in [-0.2, 0) is 6.42 Å². The molecule has 1 aromatic carbocycles. The SMILES string of the molecule is Cc1ccccc1CC(O)c1ccoc1Cl. The molecule has 2 nitrogen and oxygen atoms in total. The highest BCUT2D eigenvalue weighted by Gasteiger charge is 2.15. The zero-order valence-corrected chi connectivity index (χ0v) is 9.74. The van der Waals surface area contributed by atoms with E-state index in [1.807, 2.05) is 31.2 Å². The van der Waals surface area contributed by atoms with E-state index < -0.39 is 6.10 Å². The average Bonchev–Trinajstić information content (AvgIpc) is 2.68. The van der Waals surface area contributed by atoms with Crippen LogP contribution < -0.4 is 0 Å². The summed E-state index contributed by atoms with van der Waals surface area (Å²) in [6.07, 6.45) is 1.41. The number of aliphatic hydroxyl groups excluding tert-OH is 1. The van der Waals surface area contributed by atoms with Crippen molar-refractivity contribution in [1.29, 1.82) is 0 Å². The van der Waals surface area contributed by atoms with Gasteiger partial charge in [0.15, 0.2) is 5.22 Å². The standard InChI is InChI=1S/C13H13ClO2/c1-9-4-2-3-5-10(9)8-12(15)11-6-7-16-13(11)14/h2-7,12,15H,8H2,1H3. The van der Waals surface area contributed by atoms with Crippen LogP contribution in [0.3, 0.4) is 0 Å². The Morgan fingerprint density at radius 3 is 2.69 bits per heavy atom. The smallest absolute Gasteiger partial charge is 0.198 e. The molecular formula is C13H13ClO2. The third-order valence-corrected chi connectivity index (χ3v) is 2.99. The van der Waals surface area contributed by atoms with E-state index in [1.165, 1.54) is 11.8 Å². The van der Waals surface area contributed by atoms with Crippen molar-refractivity contribution in [2.75, 3.05) is 0 Å². The number of aliphatic hydroxyl groups is 1.